The lowest BCUT2D eigenvalue weighted by atomic mass is 10.1. The van der Waals surface area contributed by atoms with Crippen molar-refractivity contribution in [3.05, 3.63) is 64.7 Å². The molecule has 0 spiro atoms. The summed E-state index contributed by atoms with van der Waals surface area (Å²) in [6, 6.07) is 13.8. The number of hydrogen-bond acceptors (Lipinski definition) is 4. The van der Waals surface area contributed by atoms with Crippen LogP contribution in [0.25, 0.3) is 0 Å². The second kappa shape index (κ2) is 7.74. The van der Waals surface area contributed by atoms with Gasteiger partial charge >= 0.3 is 5.97 Å². The molecule has 0 aromatic heterocycles. The molecule has 0 aliphatic carbocycles. The molecule has 1 aliphatic heterocycles. The molecule has 5 heteroatoms. The van der Waals surface area contributed by atoms with E-state index in [4.69, 9.17) is 4.74 Å². The number of ether oxygens (including phenoxy) is 1. The highest BCUT2D eigenvalue weighted by Gasteiger charge is 2.25. The van der Waals surface area contributed by atoms with Crippen molar-refractivity contribution in [1.82, 2.24) is 0 Å². The zero-order valence-corrected chi connectivity index (χ0v) is 15.3. The average Bonchev–Trinajstić information content (AvgIpc) is 3.05. The molecule has 0 radical (unpaired) electrons. The van der Waals surface area contributed by atoms with Gasteiger partial charge in [-0.3, -0.25) is 4.79 Å². The molecule has 0 saturated heterocycles. The van der Waals surface area contributed by atoms with E-state index < -0.39 is 0 Å². The van der Waals surface area contributed by atoms with E-state index in [0.29, 0.717) is 17.9 Å². The lowest BCUT2D eigenvalue weighted by molar-refractivity contribution is -0.116. The number of nitrogens with zero attached hydrogens (tertiary/aromatic N) is 1. The van der Waals surface area contributed by atoms with Crippen molar-refractivity contribution < 1.29 is 14.3 Å². The summed E-state index contributed by atoms with van der Waals surface area (Å²) in [5.74, 6) is 1.04. The van der Waals surface area contributed by atoms with Crippen molar-refractivity contribution in [2.24, 2.45) is 0 Å². The number of esters is 1. The van der Waals surface area contributed by atoms with Gasteiger partial charge in [-0.15, -0.1) is 11.8 Å². The molecule has 0 atom stereocenters. The maximum Gasteiger partial charge on any atom is 0.337 e. The van der Waals surface area contributed by atoms with Crippen LogP contribution in [0, 0.1) is 6.92 Å². The Bertz CT molecular complexity index is 786. The van der Waals surface area contributed by atoms with E-state index in [1.165, 1.54) is 18.2 Å². The van der Waals surface area contributed by atoms with Crippen LogP contribution in [0.1, 0.15) is 27.0 Å². The van der Waals surface area contributed by atoms with Gasteiger partial charge in [-0.25, -0.2) is 4.79 Å². The van der Waals surface area contributed by atoms with Gasteiger partial charge in [0.25, 0.3) is 0 Å². The van der Waals surface area contributed by atoms with Crippen LogP contribution >= 0.6 is 11.8 Å². The molecule has 2 aromatic rings. The number of thioether (sulfide) groups is 1. The fourth-order valence-electron chi connectivity index (χ4n) is 2.92. The zero-order chi connectivity index (χ0) is 17.8. The van der Waals surface area contributed by atoms with Crippen LogP contribution in [0.3, 0.4) is 0 Å². The summed E-state index contributed by atoms with van der Waals surface area (Å²) in [6.07, 6.45) is 0.772. The molecule has 0 saturated carbocycles. The summed E-state index contributed by atoms with van der Waals surface area (Å²) in [5, 5.41) is 0. The highest BCUT2D eigenvalue weighted by atomic mass is 32.2. The lowest BCUT2D eigenvalue weighted by Crippen LogP contribution is -2.30. The minimum atomic E-state index is -0.346. The monoisotopic (exact) mass is 355 g/mol. The van der Waals surface area contributed by atoms with Crippen LogP contribution in [-0.4, -0.2) is 31.3 Å². The van der Waals surface area contributed by atoms with Gasteiger partial charge in [0.05, 0.1) is 18.4 Å². The third-order valence-electron chi connectivity index (χ3n) is 4.31. The fourth-order valence-corrected chi connectivity index (χ4v) is 3.78. The van der Waals surface area contributed by atoms with Crippen molar-refractivity contribution in [2.75, 3.05) is 24.3 Å². The van der Waals surface area contributed by atoms with Crippen LogP contribution in [0.4, 0.5) is 5.69 Å². The Morgan fingerprint density at radius 3 is 2.64 bits per heavy atom. The molecule has 1 aliphatic rings. The van der Waals surface area contributed by atoms with Gasteiger partial charge in [0, 0.05) is 18.0 Å². The Hall–Kier alpha value is -2.27. The van der Waals surface area contributed by atoms with Gasteiger partial charge in [-0.05, 0) is 42.7 Å². The van der Waals surface area contributed by atoms with E-state index in [-0.39, 0.29) is 11.9 Å². The van der Waals surface area contributed by atoms with Crippen LogP contribution in [0.5, 0.6) is 0 Å². The summed E-state index contributed by atoms with van der Waals surface area (Å²) in [5.41, 5.74) is 4.94. The molecule has 130 valence electrons. The smallest absolute Gasteiger partial charge is 0.337 e. The van der Waals surface area contributed by atoms with Crippen LogP contribution < -0.4 is 4.90 Å². The van der Waals surface area contributed by atoms with Crippen LogP contribution in [-0.2, 0) is 21.7 Å². The zero-order valence-electron chi connectivity index (χ0n) is 14.5. The Labute approximate surface area is 152 Å². The quantitative estimate of drug-likeness (QED) is 0.769. The van der Waals surface area contributed by atoms with Gasteiger partial charge < -0.3 is 9.64 Å². The SMILES string of the molecule is COC(=O)c1ccc2c(c1)CCN2C(=O)CSCc1ccc(C)cc1. The topological polar surface area (TPSA) is 46.6 Å². The summed E-state index contributed by atoms with van der Waals surface area (Å²) >= 11 is 1.63. The number of amides is 1. The van der Waals surface area contributed by atoms with Gasteiger partial charge in [0.2, 0.25) is 5.91 Å². The first-order valence-corrected chi connectivity index (χ1v) is 9.39. The average molecular weight is 355 g/mol. The Balaban J connectivity index is 1.59. The normalized spacial score (nSPS) is 12.8. The minimum absolute atomic E-state index is 0.113. The Kier molecular flexibility index (Phi) is 5.43. The highest BCUT2D eigenvalue weighted by Crippen LogP contribution is 2.30. The predicted molar refractivity (Wildman–Crippen MR) is 101 cm³/mol. The summed E-state index contributed by atoms with van der Waals surface area (Å²) in [4.78, 5) is 26.0. The molecule has 0 bridgehead atoms. The van der Waals surface area contributed by atoms with E-state index in [1.807, 2.05) is 17.0 Å². The Morgan fingerprint density at radius 1 is 1.16 bits per heavy atom. The number of rotatable bonds is 5. The molecule has 4 nitrogen and oxygen atoms in total. The van der Waals surface area contributed by atoms with Crippen molar-refractivity contribution in [3.63, 3.8) is 0 Å². The van der Waals surface area contributed by atoms with E-state index in [2.05, 4.69) is 31.2 Å². The van der Waals surface area contributed by atoms with Gasteiger partial charge in [-0.1, -0.05) is 29.8 Å². The molecular weight excluding hydrogens is 334 g/mol. The number of methoxy groups -OCH3 is 1. The number of hydrogen-bond donors (Lipinski definition) is 0. The minimum Gasteiger partial charge on any atom is -0.465 e. The highest BCUT2D eigenvalue weighted by molar-refractivity contribution is 7.99. The molecule has 25 heavy (non-hydrogen) atoms. The maximum atomic E-state index is 12.5. The van der Waals surface area contributed by atoms with Gasteiger partial charge in [0.1, 0.15) is 0 Å². The Morgan fingerprint density at radius 2 is 1.92 bits per heavy atom. The standard InChI is InChI=1S/C20H21NO3S/c1-14-3-5-15(6-4-14)12-25-13-19(22)21-10-9-16-11-17(20(23)24-2)7-8-18(16)21/h3-8,11H,9-10,12-13H2,1-2H3. The predicted octanol–water partition coefficient (Wildman–Crippen LogP) is 3.60. The number of carbonyl (C=O) groups is 2. The first-order chi connectivity index (χ1) is 12.1. The molecule has 1 heterocycles. The van der Waals surface area contributed by atoms with E-state index in [0.717, 1.165) is 23.4 Å². The maximum absolute atomic E-state index is 12.5. The first kappa shape index (κ1) is 17.5. The fraction of sp³-hybridized carbons (Fsp3) is 0.300. The van der Waals surface area contributed by atoms with Gasteiger partial charge in [-0.2, -0.15) is 0 Å². The van der Waals surface area contributed by atoms with E-state index in [1.54, 1.807) is 17.8 Å². The first-order valence-electron chi connectivity index (χ1n) is 8.23. The molecule has 0 N–H and O–H groups in total. The second-order valence-corrected chi connectivity index (χ2v) is 7.09. The molecule has 0 fully saturated rings. The van der Waals surface area contributed by atoms with E-state index >= 15 is 0 Å². The van der Waals surface area contributed by atoms with Crippen LogP contribution in [0.15, 0.2) is 42.5 Å². The molecule has 2 aromatic carbocycles. The third-order valence-corrected chi connectivity index (χ3v) is 5.30. The number of fused-ring (bicyclic) bond motifs is 1. The summed E-state index contributed by atoms with van der Waals surface area (Å²) in [6.45, 7) is 2.74. The summed E-state index contributed by atoms with van der Waals surface area (Å²) in [7, 11) is 1.37. The van der Waals surface area contributed by atoms with Crippen LogP contribution in [0.2, 0.25) is 0 Å². The van der Waals surface area contributed by atoms with E-state index in [9.17, 15) is 9.59 Å². The molecular formula is C20H21NO3S. The largest absolute Gasteiger partial charge is 0.465 e. The molecule has 1 amide bonds. The van der Waals surface area contributed by atoms with Crippen molar-refractivity contribution in [2.45, 2.75) is 19.1 Å². The van der Waals surface area contributed by atoms with Gasteiger partial charge in [0.15, 0.2) is 0 Å². The van der Waals surface area contributed by atoms with Crippen molar-refractivity contribution in [3.8, 4) is 0 Å². The number of aryl methyl sites for hydroxylation is 1. The number of benzene rings is 2. The second-order valence-electron chi connectivity index (χ2n) is 6.11. The molecule has 0 unspecified atom stereocenters. The summed E-state index contributed by atoms with van der Waals surface area (Å²) < 4.78 is 4.75. The number of carbonyl (C=O) groups excluding carboxylic acids is 2. The molecule has 3 rings (SSSR count). The third kappa shape index (κ3) is 4.04. The van der Waals surface area contributed by atoms with Crippen molar-refractivity contribution in [1.29, 1.82) is 0 Å². The lowest BCUT2D eigenvalue weighted by Gasteiger charge is -2.17. The number of anilines is 1. The van der Waals surface area contributed by atoms with Crippen molar-refractivity contribution >= 4 is 29.3 Å².